The largest absolute Gasteiger partial charge is 0.352 e. The summed E-state index contributed by atoms with van der Waals surface area (Å²) in [7, 11) is 0. The van der Waals surface area contributed by atoms with Crippen LogP contribution in [0.3, 0.4) is 0 Å². The van der Waals surface area contributed by atoms with E-state index in [0.717, 1.165) is 13.0 Å². The van der Waals surface area contributed by atoms with E-state index in [4.69, 9.17) is 0 Å². The van der Waals surface area contributed by atoms with Crippen LogP contribution in [0.15, 0.2) is 46.9 Å². The van der Waals surface area contributed by atoms with E-state index in [-0.39, 0.29) is 11.8 Å². The predicted molar refractivity (Wildman–Crippen MR) is 101 cm³/mol. The third-order valence-electron chi connectivity index (χ3n) is 4.51. The van der Waals surface area contributed by atoms with E-state index in [9.17, 15) is 14.0 Å². The van der Waals surface area contributed by atoms with E-state index in [0.29, 0.717) is 36.0 Å². The molecule has 0 fully saturated rings. The maximum atomic E-state index is 13.1. The highest BCUT2D eigenvalue weighted by Gasteiger charge is 2.20. The third-order valence-corrected chi connectivity index (χ3v) is 5.17. The SMILES string of the molecule is O=C(NCCCC(=O)N1CCc2ccccc2C1)c1ccc(F)cc1Br. The Hall–Kier alpha value is -2.21. The van der Waals surface area contributed by atoms with Gasteiger partial charge in [0.15, 0.2) is 0 Å². The van der Waals surface area contributed by atoms with Crippen molar-refractivity contribution in [2.24, 2.45) is 0 Å². The van der Waals surface area contributed by atoms with E-state index in [1.165, 1.54) is 29.3 Å². The Bertz CT molecular complexity index is 825. The molecule has 1 aliphatic heterocycles. The van der Waals surface area contributed by atoms with Crippen molar-refractivity contribution in [1.29, 1.82) is 0 Å². The van der Waals surface area contributed by atoms with Crippen molar-refractivity contribution in [3.63, 3.8) is 0 Å². The number of benzene rings is 2. The van der Waals surface area contributed by atoms with Crippen LogP contribution >= 0.6 is 15.9 Å². The first kappa shape index (κ1) is 18.6. The Labute approximate surface area is 160 Å². The Balaban J connectivity index is 1.44. The fraction of sp³-hybridized carbons (Fsp3) is 0.300. The second-order valence-corrected chi connectivity index (χ2v) is 7.17. The van der Waals surface area contributed by atoms with Crippen molar-refractivity contribution in [1.82, 2.24) is 10.2 Å². The van der Waals surface area contributed by atoms with Crippen LogP contribution in [0.5, 0.6) is 0 Å². The van der Waals surface area contributed by atoms with Gasteiger partial charge in [-0.25, -0.2) is 4.39 Å². The van der Waals surface area contributed by atoms with Crippen LogP contribution in [0.4, 0.5) is 4.39 Å². The zero-order valence-electron chi connectivity index (χ0n) is 14.3. The summed E-state index contributed by atoms with van der Waals surface area (Å²) < 4.78 is 13.5. The summed E-state index contributed by atoms with van der Waals surface area (Å²) in [6.45, 7) is 1.80. The van der Waals surface area contributed by atoms with E-state index in [1.54, 1.807) is 0 Å². The molecule has 2 amide bonds. The maximum absolute atomic E-state index is 13.1. The van der Waals surface area contributed by atoms with Crippen molar-refractivity contribution in [2.75, 3.05) is 13.1 Å². The molecule has 3 rings (SSSR count). The molecule has 26 heavy (non-hydrogen) atoms. The highest BCUT2D eigenvalue weighted by molar-refractivity contribution is 9.10. The molecule has 6 heteroatoms. The number of rotatable bonds is 5. The van der Waals surface area contributed by atoms with Gasteiger partial charge in [-0.2, -0.15) is 0 Å². The molecule has 0 aliphatic carbocycles. The molecule has 1 N–H and O–H groups in total. The number of amides is 2. The summed E-state index contributed by atoms with van der Waals surface area (Å²) >= 11 is 3.18. The molecule has 0 aromatic heterocycles. The van der Waals surface area contributed by atoms with Gasteiger partial charge in [0.1, 0.15) is 5.82 Å². The van der Waals surface area contributed by atoms with Crippen molar-refractivity contribution < 1.29 is 14.0 Å². The Morgan fingerprint density at radius 1 is 1.15 bits per heavy atom. The molecule has 0 saturated heterocycles. The van der Waals surface area contributed by atoms with Crippen LogP contribution < -0.4 is 5.32 Å². The van der Waals surface area contributed by atoms with Crippen LogP contribution in [0.2, 0.25) is 0 Å². The minimum absolute atomic E-state index is 0.108. The fourth-order valence-electron chi connectivity index (χ4n) is 3.08. The molecule has 2 aromatic rings. The Kier molecular flexibility index (Phi) is 6.04. The molecule has 4 nitrogen and oxygen atoms in total. The fourth-order valence-corrected chi connectivity index (χ4v) is 3.61. The van der Waals surface area contributed by atoms with Crippen molar-refractivity contribution in [3.05, 3.63) is 69.4 Å². The number of carbonyl (C=O) groups excluding carboxylic acids is 2. The molecule has 0 bridgehead atoms. The number of hydrogen-bond acceptors (Lipinski definition) is 2. The standard InChI is InChI=1S/C20H20BrFN2O2/c21-18-12-16(22)7-8-17(18)20(26)23-10-3-6-19(25)24-11-9-14-4-1-2-5-15(14)13-24/h1-2,4-5,7-8,12H,3,6,9-11,13H2,(H,23,26). The molecule has 1 heterocycles. The average molecular weight is 419 g/mol. The zero-order valence-corrected chi connectivity index (χ0v) is 15.9. The van der Waals surface area contributed by atoms with Gasteiger partial charge in [-0.3, -0.25) is 9.59 Å². The number of nitrogens with one attached hydrogen (secondary N) is 1. The summed E-state index contributed by atoms with van der Waals surface area (Å²) in [6.07, 6.45) is 1.85. The summed E-state index contributed by atoms with van der Waals surface area (Å²) in [5, 5.41) is 2.77. The van der Waals surface area contributed by atoms with Crippen molar-refractivity contribution >= 4 is 27.7 Å². The van der Waals surface area contributed by atoms with Gasteiger partial charge >= 0.3 is 0 Å². The van der Waals surface area contributed by atoms with E-state index in [1.807, 2.05) is 17.0 Å². The van der Waals surface area contributed by atoms with Gasteiger partial charge in [-0.1, -0.05) is 24.3 Å². The Morgan fingerprint density at radius 3 is 2.69 bits per heavy atom. The van der Waals surface area contributed by atoms with E-state index in [2.05, 4.69) is 33.4 Å². The average Bonchev–Trinajstić information content (AvgIpc) is 2.64. The predicted octanol–water partition coefficient (Wildman–Crippen LogP) is 3.68. The normalized spacial score (nSPS) is 13.2. The molecule has 136 valence electrons. The first-order valence-corrected chi connectivity index (χ1v) is 9.41. The monoisotopic (exact) mass is 418 g/mol. The first-order valence-electron chi connectivity index (χ1n) is 8.62. The number of fused-ring (bicyclic) bond motifs is 1. The number of halogens is 2. The van der Waals surface area contributed by atoms with Crippen LogP contribution in [-0.2, 0) is 17.8 Å². The quantitative estimate of drug-likeness (QED) is 0.752. The molecule has 0 saturated carbocycles. The van der Waals surface area contributed by atoms with Crippen LogP contribution in [0, 0.1) is 5.82 Å². The van der Waals surface area contributed by atoms with Gasteiger partial charge in [0.05, 0.1) is 5.56 Å². The van der Waals surface area contributed by atoms with Crippen LogP contribution in [0.25, 0.3) is 0 Å². The van der Waals surface area contributed by atoms with Crippen LogP contribution in [-0.4, -0.2) is 29.8 Å². The summed E-state index contributed by atoms with van der Waals surface area (Å²) in [5.41, 5.74) is 2.90. The molecule has 1 aliphatic rings. The van der Waals surface area contributed by atoms with Crippen LogP contribution in [0.1, 0.15) is 34.3 Å². The highest BCUT2D eigenvalue weighted by atomic mass is 79.9. The minimum Gasteiger partial charge on any atom is -0.352 e. The lowest BCUT2D eigenvalue weighted by Crippen LogP contribution is -2.36. The number of hydrogen-bond donors (Lipinski definition) is 1. The summed E-state index contributed by atoms with van der Waals surface area (Å²) in [4.78, 5) is 26.4. The number of carbonyl (C=O) groups is 2. The summed E-state index contributed by atoms with van der Waals surface area (Å²) in [6, 6.07) is 12.1. The van der Waals surface area contributed by atoms with Crippen molar-refractivity contribution in [3.8, 4) is 0 Å². The topological polar surface area (TPSA) is 49.4 Å². The van der Waals surface area contributed by atoms with Gasteiger partial charge in [0, 0.05) is 30.5 Å². The highest BCUT2D eigenvalue weighted by Crippen LogP contribution is 2.20. The first-order chi connectivity index (χ1) is 12.5. The van der Waals surface area contributed by atoms with Gasteiger partial charge in [-0.15, -0.1) is 0 Å². The molecular weight excluding hydrogens is 399 g/mol. The lowest BCUT2D eigenvalue weighted by atomic mass is 9.99. The van der Waals surface area contributed by atoms with Gasteiger partial charge in [0.25, 0.3) is 5.91 Å². The van der Waals surface area contributed by atoms with Gasteiger partial charge < -0.3 is 10.2 Å². The minimum atomic E-state index is -0.401. The lowest BCUT2D eigenvalue weighted by Gasteiger charge is -2.29. The molecule has 0 unspecified atom stereocenters. The molecule has 0 spiro atoms. The zero-order chi connectivity index (χ0) is 18.5. The maximum Gasteiger partial charge on any atom is 0.252 e. The second-order valence-electron chi connectivity index (χ2n) is 6.32. The third kappa shape index (κ3) is 4.49. The molecular formula is C20H20BrFN2O2. The Morgan fingerprint density at radius 2 is 1.92 bits per heavy atom. The number of nitrogens with zero attached hydrogens (tertiary/aromatic N) is 1. The van der Waals surface area contributed by atoms with Gasteiger partial charge in [0.2, 0.25) is 5.91 Å². The molecule has 2 aromatic carbocycles. The van der Waals surface area contributed by atoms with Crippen molar-refractivity contribution in [2.45, 2.75) is 25.8 Å². The summed E-state index contributed by atoms with van der Waals surface area (Å²) in [5.74, 6) is -0.574. The lowest BCUT2D eigenvalue weighted by molar-refractivity contribution is -0.132. The molecule has 0 radical (unpaired) electrons. The smallest absolute Gasteiger partial charge is 0.252 e. The van der Waals surface area contributed by atoms with E-state index >= 15 is 0 Å². The van der Waals surface area contributed by atoms with E-state index < -0.39 is 5.82 Å². The van der Waals surface area contributed by atoms with Gasteiger partial charge in [-0.05, 0) is 58.1 Å². The second kappa shape index (κ2) is 8.45. The molecule has 0 atom stereocenters.